The Morgan fingerprint density at radius 1 is 1.33 bits per heavy atom. The van der Waals surface area contributed by atoms with E-state index in [2.05, 4.69) is 5.32 Å². The maximum absolute atomic E-state index is 11.1. The molecule has 21 heavy (non-hydrogen) atoms. The van der Waals surface area contributed by atoms with Gasteiger partial charge in [-0.2, -0.15) is 0 Å². The van der Waals surface area contributed by atoms with Crippen LogP contribution >= 0.6 is 0 Å². The van der Waals surface area contributed by atoms with E-state index in [1.165, 1.54) is 0 Å². The largest absolute Gasteiger partial charge is 0.490 e. The van der Waals surface area contributed by atoms with Crippen LogP contribution in [0.5, 0.6) is 5.75 Å². The number of hydrogen-bond acceptors (Lipinski definition) is 4. The number of amides is 1. The number of nitrogens with one attached hydrogen (secondary N) is 1. The number of aliphatic hydroxyl groups is 1. The average Bonchev–Trinajstić information content (AvgIpc) is 2.48. The Kier molecular flexibility index (Phi) is 6.97. The number of hydrogen-bond donors (Lipinski definition) is 3. The van der Waals surface area contributed by atoms with Crippen LogP contribution in [0.15, 0.2) is 36.4 Å². The van der Waals surface area contributed by atoms with Gasteiger partial charge in [-0.1, -0.05) is 24.3 Å². The molecule has 6 nitrogen and oxygen atoms in total. The quantitative estimate of drug-likeness (QED) is 0.615. The number of rotatable bonds is 8. The van der Waals surface area contributed by atoms with E-state index >= 15 is 0 Å². The van der Waals surface area contributed by atoms with Crippen molar-refractivity contribution in [2.75, 3.05) is 13.2 Å². The molecule has 1 aromatic carbocycles. The molecule has 0 spiro atoms. The maximum Gasteiger partial charge on any atom is 0.326 e. The van der Waals surface area contributed by atoms with Crippen LogP contribution in [0.4, 0.5) is 0 Å². The lowest BCUT2D eigenvalue weighted by molar-refractivity contribution is -0.142. The van der Waals surface area contributed by atoms with Gasteiger partial charge in [-0.25, -0.2) is 4.79 Å². The molecule has 1 aromatic rings. The molecule has 0 saturated heterocycles. The van der Waals surface area contributed by atoms with Gasteiger partial charge >= 0.3 is 5.97 Å². The number of aliphatic carboxylic acids is 1. The van der Waals surface area contributed by atoms with E-state index in [4.69, 9.17) is 14.9 Å². The summed E-state index contributed by atoms with van der Waals surface area (Å²) in [7, 11) is 0. The highest BCUT2D eigenvalue weighted by Gasteiger charge is 2.19. The molecule has 0 aliphatic rings. The third kappa shape index (κ3) is 6.09. The Labute approximate surface area is 123 Å². The van der Waals surface area contributed by atoms with E-state index in [9.17, 15) is 9.59 Å². The minimum atomic E-state index is -1.15. The lowest BCUT2D eigenvalue weighted by Crippen LogP contribution is -2.43. The summed E-state index contributed by atoms with van der Waals surface area (Å²) in [5.41, 5.74) is 0.749. The van der Waals surface area contributed by atoms with E-state index in [0.717, 1.165) is 5.56 Å². The number of benzene rings is 1. The van der Waals surface area contributed by atoms with Gasteiger partial charge in [0.15, 0.2) is 0 Å². The molecule has 0 radical (unpaired) electrons. The number of allylic oxidation sites excluding steroid dienone is 1. The summed E-state index contributed by atoms with van der Waals surface area (Å²) in [6.45, 7) is 1.64. The Bertz CT molecular complexity index is 495. The minimum Gasteiger partial charge on any atom is -0.490 e. The van der Waals surface area contributed by atoms with Gasteiger partial charge in [-0.15, -0.1) is 0 Å². The Balaban J connectivity index is 2.63. The first kappa shape index (κ1) is 16.7. The third-order valence-corrected chi connectivity index (χ3v) is 2.72. The highest BCUT2D eigenvalue weighted by molar-refractivity contribution is 5.84. The van der Waals surface area contributed by atoms with Crippen LogP contribution in [0, 0.1) is 0 Å². The smallest absolute Gasteiger partial charge is 0.326 e. The van der Waals surface area contributed by atoms with Crippen molar-refractivity contribution in [1.82, 2.24) is 5.32 Å². The first-order valence-electron chi connectivity index (χ1n) is 6.52. The average molecular weight is 293 g/mol. The van der Waals surface area contributed by atoms with Crippen molar-refractivity contribution >= 4 is 11.9 Å². The van der Waals surface area contributed by atoms with Crippen LogP contribution in [-0.4, -0.2) is 41.3 Å². The lowest BCUT2D eigenvalue weighted by atomic mass is 10.1. The zero-order valence-electron chi connectivity index (χ0n) is 11.8. The van der Waals surface area contributed by atoms with Crippen LogP contribution < -0.4 is 10.1 Å². The normalized spacial score (nSPS) is 12.1. The van der Waals surface area contributed by atoms with Crippen LogP contribution in [0.25, 0.3) is 0 Å². The highest BCUT2D eigenvalue weighted by Crippen LogP contribution is 2.13. The molecular formula is C15H19NO5. The molecule has 0 aromatic heterocycles. The first-order valence-corrected chi connectivity index (χ1v) is 6.52. The van der Waals surface area contributed by atoms with Crippen molar-refractivity contribution in [2.24, 2.45) is 0 Å². The van der Waals surface area contributed by atoms with Gasteiger partial charge in [0, 0.05) is 6.42 Å². The van der Waals surface area contributed by atoms with Crippen LogP contribution in [0.3, 0.4) is 0 Å². The molecule has 0 aliphatic heterocycles. The maximum atomic E-state index is 11.1. The molecule has 6 heteroatoms. The molecule has 1 unspecified atom stereocenters. The molecule has 1 atom stereocenters. The standard InChI is InChI=1S/C15H19NO5/c1-2-3-8-21-12-6-4-11(5-7-12)9-13(15(19)20)16-14(18)10-17/h2-7,13,17H,8-10H2,1H3,(H,16,18)(H,19,20). The number of carboxylic acid groups (broad SMARTS) is 1. The summed E-state index contributed by atoms with van der Waals surface area (Å²) in [6.07, 6.45) is 3.89. The molecule has 0 aliphatic carbocycles. The third-order valence-electron chi connectivity index (χ3n) is 2.72. The summed E-state index contributed by atoms with van der Waals surface area (Å²) in [4.78, 5) is 22.1. The fourth-order valence-electron chi connectivity index (χ4n) is 1.64. The van der Waals surface area contributed by atoms with Crippen molar-refractivity contribution in [3.63, 3.8) is 0 Å². The molecule has 0 fully saturated rings. The van der Waals surface area contributed by atoms with Crippen LogP contribution in [0.2, 0.25) is 0 Å². The molecule has 0 bridgehead atoms. The monoisotopic (exact) mass is 293 g/mol. The fraction of sp³-hybridized carbons (Fsp3) is 0.333. The second kappa shape index (κ2) is 8.76. The molecule has 114 valence electrons. The van der Waals surface area contributed by atoms with Gasteiger partial charge in [0.25, 0.3) is 0 Å². The van der Waals surface area contributed by atoms with Gasteiger partial charge in [0.1, 0.15) is 25.0 Å². The second-order valence-electron chi connectivity index (χ2n) is 4.34. The van der Waals surface area contributed by atoms with Crippen molar-refractivity contribution in [1.29, 1.82) is 0 Å². The molecule has 1 rings (SSSR count). The van der Waals surface area contributed by atoms with Gasteiger partial charge in [0.2, 0.25) is 5.91 Å². The first-order chi connectivity index (χ1) is 10.1. The van der Waals surface area contributed by atoms with Gasteiger partial charge in [-0.05, 0) is 24.6 Å². The van der Waals surface area contributed by atoms with Crippen LogP contribution in [-0.2, 0) is 16.0 Å². The number of ether oxygens (including phenoxy) is 1. The van der Waals surface area contributed by atoms with Crippen LogP contribution in [0.1, 0.15) is 12.5 Å². The zero-order chi connectivity index (χ0) is 15.7. The summed E-state index contributed by atoms with van der Waals surface area (Å²) < 4.78 is 5.43. The predicted octanol–water partition coefficient (Wildman–Crippen LogP) is 0.746. The molecule has 0 heterocycles. The zero-order valence-corrected chi connectivity index (χ0v) is 11.8. The predicted molar refractivity (Wildman–Crippen MR) is 77.1 cm³/mol. The molecule has 0 saturated carbocycles. The Morgan fingerprint density at radius 3 is 2.52 bits per heavy atom. The van der Waals surface area contributed by atoms with Crippen molar-refractivity contribution < 1.29 is 24.5 Å². The number of aliphatic hydroxyl groups excluding tert-OH is 1. The van der Waals surface area contributed by atoms with Crippen molar-refractivity contribution in [2.45, 2.75) is 19.4 Å². The van der Waals surface area contributed by atoms with E-state index in [1.807, 2.05) is 19.1 Å². The molecule has 1 amide bonds. The van der Waals surface area contributed by atoms with Crippen molar-refractivity contribution in [3.8, 4) is 5.75 Å². The fourth-order valence-corrected chi connectivity index (χ4v) is 1.64. The summed E-state index contributed by atoms with van der Waals surface area (Å²) >= 11 is 0. The second-order valence-corrected chi connectivity index (χ2v) is 4.34. The van der Waals surface area contributed by atoms with E-state index < -0.39 is 24.5 Å². The lowest BCUT2D eigenvalue weighted by Gasteiger charge is -2.14. The Morgan fingerprint density at radius 2 is 2.00 bits per heavy atom. The topological polar surface area (TPSA) is 95.9 Å². The highest BCUT2D eigenvalue weighted by atomic mass is 16.5. The summed E-state index contributed by atoms with van der Waals surface area (Å²) in [6, 6.07) is 5.90. The summed E-state index contributed by atoms with van der Waals surface area (Å²) in [5.74, 6) is -1.18. The van der Waals surface area contributed by atoms with Crippen molar-refractivity contribution in [3.05, 3.63) is 42.0 Å². The number of carboxylic acids is 1. The van der Waals surface area contributed by atoms with E-state index in [-0.39, 0.29) is 6.42 Å². The summed E-state index contributed by atoms with van der Waals surface area (Å²) in [5, 5.41) is 19.9. The number of carbonyl (C=O) groups is 2. The van der Waals surface area contributed by atoms with Gasteiger partial charge < -0.3 is 20.3 Å². The SMILES string of the molecule is CC=CCOc1ccc(CC(NC(=O)CO)C(=O)O)cc1. The van der Waals surface area contributed by atoms with Gasteiger partial charge in [-0.3, -0.25) is 4.79 Å². The minimum absolute atomic E-state index is 0.135. The van der Waals surface area contributed by atoms with E-state index in [0.29, 0.717) is 12.4 Å². The Hall–Kier alpha value is -2.34. The number of carbonyl (C=O) groups excluding carboxylic acids is 1. The van der Waals surface area contributed by atoms with E-state index in [1.54, 1.807) is 24.3 Å². The molecular weight excluding hydrogens is 274 g/mol. The molecule has 3 N–H and O–H groups in total. The van der Waals surface area contributed by atoms with Gasteiger partial charge in [0.05, 0.1) is 0 Å².